The normalized spacial score (nSPS) is 22.3. The smallest absolute Gasteiger partial charge is 0.308 e. The highest BCUT2D eigenvalue weighted by molar-refractivity contribution is 5.80. The number of carbonyl (C=O) groups excluding carboxylic acids is 1. The van der Waals surface area contributed by atoms with Crippen LogP contribution in [0.25, 0.3) is 0 Å². The van der Waals surface area contributed by atoms with E-state index >= 15 is 0 Å². The van der Waals surface area contributed by atoms with E-state index in [2.05, 4.69) is 18.7 Å². The van der Waals surface area contributed by atoms with Gasteiger partial charge in [0.05, 0.1) is 5.92 Å². The van der Waals surface area contributed by atoms with Gasteiger partial charge in [-0.25, -0.2) is 0 Å². The zero-order valence-corrected chi connectivity index (χ0v) is 11.6. The number of hydrogen-bond acceptors (Lipinski definition) is 3. The molecule has 18 heavy (non-hydrogen) atoms. The Hall–Kier alpha value is -1.10. The van der Waals surface area contributed by atoms with Crippen molar-refractivity contribution in [3.05, 3.63) is 0 Å². The van der Waals surface area contributed by atoms with Gasteiger partial charge in [0.2, 0.25) is 5.91 Å². The minimum atomic E-state index is -0.789. The topological polar surface area (TPSA) is 60.9 Å². The lowest BCUT2D eigenvalue weighted by Crippen LogP contribution is -2.50. The minimum Gasteiger partial charge on any atom is -0.481 e. The second kappa shape index (κ2) is 6.73. The van der Waals surface area contributed by atoms with E-state index in [0.717, 1.165) is 19.6 Å². The summed E-state index contributed by atoms with van der Waals surface area (Å²) >= 11 is 0. The molecule has 1 aliphatic heterocycles. The Morgan fingerprint density at radius 2 is 2.11 bits per heavy atom. The van der Waals surface area contributed by atoms with E-state index < -0.39 is 11.9 Å². The monoisotopic (exact) mass is 256 g/mol. The molecule has 0 aromatic rings. The van der Waals surface area contributed by atoms with Crippen LogP contribution >= 0.6 is 0 Å². The van der Waals surface area contributed by atoms with Gasteiger partial charge in [-0.15, -0.1) is 0 Å². The summed E-state index contributed by atoms with van der Waals surface area (Å²) in [5, 5.41) is 9.05. The van der Waals surface area contributed by atoms with E-state index in [4.69, 9.17) is 5.11 Å². The van der Waals surface area contributed by atoms with Gasteiger partial charge >= 0.3 is 5.97 Å². The first-order valence-electron chi connectivity index (χ1n) is 6.74. The molecular weight excluding hydrogens is 232 g/mol. The summed E-state index contributed by atoms with van der Waals surface area (Å²) in [6.07, 6.45) is 0.836. The zero-order valence-electron chi connectivity index (χ0n) is 11.6. The van der Waals surface area contributed by atoms with Gasteiger partial charge < -0.3 is 14.9 Å². The van der Waals surface area contributed by atoms with Gasteiger partial charge in [-0.1, -0.05) is 13.8 Å². The molecule has 1 rings (SSSR count). The van der Waals surface area contributed by atoms with Gasteiger partial charge in [-0.2, -0.15) is 0 Å². The lowest BCUT2D eigenvalue weighted by molar-refractivity contribution is -0.148. The molecule has 0 bridgehead atoms. The molecule has 1 saturated heterocycles. The predicted octanol–water partition coefficient (Wildman–Crippen LogP) is 1.04. The molecule has 1 heterocycles. The Balaban J connectivity index is 2.61. The van der Waals surface area contributed by atoms with Crippen LogP contribution in [0.3, 0.4) is 0 Å². The predicted molar refractivity (Wildman–Crippen MR) is 69.3 cm³/mol. The Morgan fingerprint density at radius 3 is 2.61 bits per heavy atom. The molecule has 1 fully saturated rings. The van der Waals surface area contributed by atoms with Crippen LogP contribution in [0.1, 0.15) is 33.6 Å². The highest BCUT2D eigenvalue weighted by Gasteiger charge is 2.32. The maximum atomic E-state index is 11.9. The summed E-state index contributed by atoms with van der Waals surface area (Å²) in [6, 6.07) is 0.0829. The number of carboxylic acid groups (broad SMARTS) is 1. The van der Waals surface area contributed by atoms with Crippen molar-refractivity contribution in [2.75, 3.05) is 26.2 Å². The van der Waals surface area contributed by atoms with Gasteiger partial charge in [0, 0.05) is 25.6 Å². The lowest BCUT2D eigenvalue weighted by atomic mass is 9.96. The zero-order chi connectivity index (χ0) is 13.7. The second-order valence-electron chi connectivity index (χ2n) is 4.95. The molecule has 2 unspecified atom stereocenters. The maximum Gasteiger partial charge on any atom is 0.308 e. The van der Waals surface area contributed by atoms with Gasteiger partial charge in [0.1, 0.15) is 0 Å². The van der Waals surface area contributed by atoms with E-state index in [9.17, 15) is 9.59 Å². The first kappa shape index (κ1) is 15.0. The van der Waals surface area contributed by atoms with Crippen LogP contribution < -0.4 is 0 Å². The number of likely N-dealkylation sites (tertiary alicyclic amines) is 1. The Labute approximate surface area is 109 Å². The van der Waals surface area contributed by atoms with Gasteiger partial charge in [-0.05, 0) is 26.4 Å². The molecule has 0 radical (unpaired) electrons. The van der Waals surface area contributed by atoms with Crippen LogP contribution in [-0.2, 0) is 9.59 Å². The summed E-state index contributed by atoms with van der Waals surface area (Å²) in [4.78, 5) is 26.9. The van der Waals surface area contributed by atoms with Gasteiger partial charge in [0.15, 0.2) is 0 Å². The molecule has 0 aromatic heterocycles. The molecule has 0 aromatic carbocycles. The number of piperidine rings is 1. The van der Waals surface area contributed by atoms with Crippen LogP contribution in [0.15, 0.2) is 0 Å². The number of carboxylic acids is 1. The standard InChI is InChI=1S/C13H24N2O3/c1-4-14(5-2)8-10(3)15-9-11(13(17)18)6-7-12(15)16/h10-11H,4-9H2,1-3H3,(H,17,18). The molecule has 5 heteroatoms. The summed E-state index contributed by atoms with van der Waals surface area (Å²) in [5.74, 6) is -1.10. The summed E-state index contributed by atoms with van der Waals surface area (Å²) in [7, 11) is 0. The average Bonchev–Trinajstić information content (AvgIpc) is 2.35. The number of aliphatic carboxylic acids is 1. The van der Waals surface area contributed by atoms with Gasteiger partial charge in [0.25, 0.3) is 0 Å². The van der Waals surface area contributed by atoms with Crippen LogP contribution in [0.4, 0.5) is 0 Å². The van der Waals surface area contributed by atoms with Crippen molar-refractivity contribution >= 4 is 11.9 Å². The number of rotatable bonds is 6. The molecule has 2 atom stereocenters. The number of carbonyl (C=O) groups is 2. The fourth-order valence-corrected chi connectivity index (χ4v) is 2.45. The maximum absolute atomic E-state index is 11.9. The number of likely N-dealkylation sites (N-methyl/N-ethyl adjacent to an activating group) is 1. The van der Waals surface area contributed by atoms with Crippen LogP contribution in [0.5, 0.6) is 0 Å². The second-order valence-corrected chi connectivity index (χ2v) is 4.95. The third kappa shape index (κ3) is 3.70. The fourth-order valence-electron chi connectivity index (χ4n) is 2.45. The van der Waals surface area contributed by atoms with E-state index in [1.165, 1.54) is 0 Å². The van der Waals surface area contributed by atoms with Crippen LogP contribution in [0.2, 0.25) is 0 Å². The molecule has 1 N–H and O–H groups in total. The van der Waals surface area contributed by atoms with Crippen molar-refractivity contribution < 1.29 is 14.7 Å². The third-order valence-electron chi connectivity index (χ3n) is 3.74. The first-order valence-corrected chi connectivity index (χ1v) is 6.74. The molecule has 0 saturated carbocycles. The number of hydrogen-bond donors (Lipinski definition) is 1. The van der Waals surface area contributed by atoms with E-state index in [0.29, 0.717) is 19.4 Å². The van der Waals surface area contributed by atoms with E-state index in [-0.39, 0.29) is 11.9 Å². The highest BCUT2D eigenvalue weighted by Crippen LogP contribution is 2.20. The van der Waals surface area contributed by atoms with Crippen molar-refractivity contribution in [3.63, 3.8) is 0 Å². The molecule has 1 amide bonds. The quantitative estimate of drug-likeness (QED) is 0.771. The number of nitrogens with zero attached hydrogens (tertiary/aromatic N) is 2. The summed E-state index contributed by atoms with van der Waals surface area (Å²) < 4.78 is 0. The van der Waals surface area contributed by atoms with Crippen LogP contribution in [0, 0.1) is 5.92 Å². The van der Waals surface area contributed by atoms with Crippen molar-refractivity contribution in [1.82, 2.24) is 9.80 Å². The Bertz CT molecular complexity index is 303. The SMILES string of the molecule is CCN(CC)CC(C)N1CC(C(=O)O)CCC1=O. The summed E-state index contributed by atoms with van der Waals surface area (Å²) in [5.41, 5.74) is 0. The first-order chi connectivity index (χ1) is 8.49. The van der Waals surface area contributed by atoms with Crippen LogP contribution in [-0.4, -0.2) is 59.0 Å². The summed E-state index contributed by atoms with van der Waals surface area (Å²) in [6.45, 7) is 9.25. The Kier molecular flexibility index (Phi) is 5.59. The molecule has 5 nitrogen and oxygen atoms in total. The third-order valence-corrected chi connectivity index (χ3v) is 3.74. The van der Waals surface area contributed by atoms with Crippen molar-refractivity contribution in [2.24, 2.45) is 5.92 Å². The highest BCUT2D eigenvalue weighted by atomic mass is 16.4. The van der Waals surface area contributed by atoms with Gasteiger partial charge in [-0.3, -0.25) is 9.59 Å². The molecule has 0 aliphatic carbocycles. The largest absolute Gasteiger partial charge is 0.481 e. The fraction of sp³-hybridized carbons (Fsp3) is 0.846. The van der Waals surface area contributed by atoms with E-state index in [1.807, 2.05) is 6.92 Å². The van der Waals surface area contributed by atoms with E-state index in [1.54, 1.807) is 4.90 Å². The van der Waals surface area contributed by atoms with Crippen molar-refractivity contribution in [1.29, 1.82) is 0 Å². The van der Waals surface area contributed by atoms with Crippen molar-refractivity contribution in [2.45, 2.75) is 39.7 Å². The average molecular weight is 256 g/mol. The molecule has 104 valence electrons. The number of amides is 1. The molecule has 0 spiro atoms. The van der Waals surface area contributed by atoms with Crippen molar-refractivity contribution in [3.8, 4) is 0 Å². The Morgan fingerprint density at radius 1 is 1.50 bits per heavy atom. The lowest BCUT2D eigenvalue weighted by Gasteiger charge is -2.37. The molecular formula is C13H24N2O3. The molecule has 1 aliphatic rings. The minimum absolute atomic E-state index is 0.0829.